The van der Waals surface area contributed by atoms with Gasteiger partial charge >= 0.3 is 6.18 Å². The number of rotatable bonds is 4. The van der Waals surface area contributed by atoms with Crippen molar-refractivity contribution in [2.45, 2.75) is 17.5 Å². The van der Waals surface area contributed by atoms with E-state index in [-0.39, 0.29) is 19.0 Å². The number of nitrogens with zero attached hydrogens (tertiary/aromatic N) is 1. The second-order valence-electron chi connectivity index (χ2n) is 4.96. The highest BCUT2D eigenvalue weighted by Gasteiger charge is 2.35. The Morgan fingerprint density at radius 3 is 2.58 bits per heavy atom. The zero-order valence-corrected chi connectivity index (χ0v) is 14.0. The van der Waals surface area contributed by atoms with Gasteiger partial charge in [0.25, 0.3) is 0 Å². The molecule has 10 heteroatoms. The lowest BCUT2D eigenvalue weighted by Gasteiger charge is -2.15. The average molecular weight is 382 g/mol. The van der Waals surface area contributed by atoms with Crippen molar-refractivity contribution in [3.8, 4) is 6.07 Å². The lowest BCUT2D eigenvalue weighted by Crippen LogP contribution is -2.30. The molecule has 5 nitrogen and oxygen atoms in total. The zero-order chi connectivity index (χ0) is 17.1. The van der Waals surface area contributed by atoms with Crippen LogP contribution in [0, 0.1) is 11.3 Å². The third-order valence-electron chi connectivity index (χ3n) is 3.37. The maximum absolute atomic E-state index is 12.9. The maximum Gasteiger partial charge on any atom is 0.417 e. The third-order valence-corrected chi connectivity index (χ3v) is 4.77. The zero-order valence-electron chi connectivity index (χ0n) is 12.4. The van der Waals surface area contributed by atoms with Crippen molar-refractivity contribution in [2.75, 3.05) is 19.6 Å². The van der Waals surface area contributed by atoms with E-state index in [1.807, 2.05) is 6.08 Å². The summed E-state index contributed by atoms with van der Waals surface area (Å²) in [6, 6.07) is 3.75. The molecule has 0 aliphatic carbocycles. The van der Waals surface area contributed by atoms with E-state index in [9.17, 15) is 21.6 Å². The number of halogens is 4. The van der Waals surface area contributed by atoms with E-state index in [0.29, 0.717) is 19.0 Å². The molecule has 2 N–H and O–H groups in total. The molecule has 0 amide bonds. The van der Waals surface area contributed by atoms with E-state index < -0.39 is 32.2 Å². The summed E-state index contributed by atoms with van der Waals surface area (Å²) in [4.78, 5) is -0.515. The first-order chi connectivity index (χ1) is 10.7. The minimum Gasteiger partial charge on any atom is -0.313 e. The largest absolute Gasteiger partial charge is 0.417 e. The second-order valence-corrected chi connectivity index (χ2v) is 6.72. The van der Waals surface area contributed by atoms with Gasteiger partial charge in [-0.1, -0.05) is 11.6 Å². The fourth-order valence-corrected chi connectivity index (χ4v) is 3.19. The molecule has 1 heterocycles. The molecule has 1 aromatic rings. The number of nitriles is 1. The van der Waals surface area contributed by atoms with Gasteiger partial charge in [-0.15, -0.1) is 12.4 Å². The van der Waals surface area contributed by atoms with Crippen LogP contribution >= 0.6 is 12.4 Å². The van der Waals surface area contributed by atoms with Gasteiger partial charge in [0.15, 0.2) is 0 Å². The molecule has 0 unspecified atom stereocenters. The molecule has 0 spiro atoms. The van der Waals surface area contributed by atoms with Crippen LogP contribution in [0.15, 0.2) is 34.7 Å². The van der Waals surface area contributed by atoms with E-state index in [1.165, 1.54) is 6.07 Å². The van der Waals surface area contributed by atoms with Crippen molar-refractivity contribution in [1.29, 1.82) is 5.26 Å². The summed E-state index contributed by atoms with van der Waals surface area (Å²) in [6.45, 7) is 1.40. The lowest BCUT2D eigenvalue weighted by molar-refractivity contribution is -0.137. The number of benzene rings is 1. The molecular weight excluding hydrogens is 367 g/mol. The summed E-state index contributed by atoms with van der Waals surface area (Å²) in [7, 11) is -4.09. The Labute approximate surface area is 144 Å². The lowest BCUT2D eigenvalue weighted by atomic mass is 10.1. The highest BCUT2D eigenvalue weighted by molar-refractivity contribution is 7.89. The van der Waals surface area contributed by atoms with Crippen LogP contribution in [0.2, 0.25) is 0 Å². The molecule has 2 rings (SSSR count). The molecule has 0 fully saturated rings. The van der Waals surface area contributed by atoms with E-state index in [2.05, 4.69) is 10.0 Å². The van der Waals surface area contributed by atoms with Gasteiger partial charge < -0.3 is 5.32 Å². The number of nitrogens with one attached hydrogen (secondary N) is 2. The Balaban J connectivity index is 0.00000288. The third kappa shape index (κ3) is 4.95. The SMILES string of the molecule is Cl.N#Cc1ccc(S(=O)(=O)NCC2=CCNCC2)cc1C(F)(F)F. The first-order valence-electron chi connectivity index (χ1n) is 6.73. The van der Waals surface area contributed by atoms with Gasteiger partial charge in [0, 0.05) is 13.1 Å². The van der Waals surface area contributed by atoms with Crippen molar-refractivity contribution in [1.82, 2.24) is 10.0 Å². The van der Waals surface area contributed by atoms with Crippen LogP contribution in [-0.2, 0) is 16.2 Å². The van der Waals surface area contributed by atoms with Crippen molar-refractivity contribution in [3.63, 3.8) is 0 Å². The Hall–Kier alpha value is -1.60. The predicted molar refractivity (Wildman–Crippen MR) is 84.2 cm³/mol. The first-order valence-corrected chi connectivity index (χ1v) is 8.22. The summed E-state index contributed by atoms with van der Waals surface area (Å²) < 4.78 is 65.3. The molecule has 1 aliphatic heterocycles. The maximum atomic E-state index is 12.9. The van der Waals surface area contributed by atoms with Gasteiger partial charge in [-0.25, -0.2) is 13.1 Å². The molecule has 0 saturated heterocycles. The van der Waals surface area contributed by atoms with Crippen LogP contribution in [0.4, 0.5) is 13.2 Å². The number of hydrogen-bond acceptors (Lipinski definition) is 4. The minimum atomic E-state index is -4.80. The highest BCUT2D eigenvalue weighted by atomic mass is 35.5. The number of alkyl halides is 3. The van der Waals surface area contributed by atoms with Gasteiger partial charge in [-0.3, -0.25) is 0 Å². The number of hydrogen-bond donors (Lipinski definition) is 2. The van der Waals surface area contributed by atoms with Crippen molar-refractivity contribution in [2.24, 2.45) is 0 Å². The summed E-state index contributed by atoms with van der Waals surface area (Å²) in [5.41, 5.74) is -1.00. The van der Waals surface area contributed by atoms with Crippen LogP contribution in [-0.4, -0.2) is 28.1 Å². The quantitative estimate of drug-likeness (QED) is 0.783. The summed E-state index contributed by atoms with van der Waals surface area (Å²) in [5, 5.41) is 11.8. The van der Waals surface area contributed by atoms with Crippen molar-refractivity contribution in [3.05, 3.63) is 41.0 Å². The molecule has 1 aliphatic rings. The molecule has 0 radical (unpaired) electrons. The number of sulfonamides is 1. The molecule has 132 valence electrons. The van der Waals surface area contributed by atoms with Crippen LogP contribution in [0.1, 0.15) is 17.5 Å². The summed E-state index contributed by atoms with van der Waals surface area (Å²) in [6.07, 6.45) is -2.29. The molecule has 24 heavy (non-hydrogen) atoms. The van der Waals surface area contributed by atoms with Crippen LogP contribution < -0.4 is 10.0 Å². The summed E-state index contributed by atoms with van der Waals surface area (Å²) in [5.74, 6) is 0. The van der Waals surface area contributed by atoms with Gasteiger partial charge in [-0.2, -0.15) is 18.4 Å². The van der Waals surface area contributed by atoms with Gasteiger partial charge in [0.1, 0.15) is 0 Å². The Kier molecular flexibility index (Phi) is 6.80. The van der Waals surface area contributed by atoms with Crippen LogP contribution in [0.25, 0.3) is 0 Å². The fraction of sp³-hybridized carbons (Fsp3) is 0.357. The molecule has 0 aromatic heterocycles. The normalized spacial score (nSPS) is 15.2. The second kappa shape index (κ2) is 7.98. The topological polar surface area (TPSA) is 82.0 Å². The van der Waals surface area contributed by atoms with Crippen molar-refractivity contribution < 1.29 is 21.6 Å². The van der Waals surface area contributed by atoms with Gasteiger partial charge in [-0.05, 0) is 31.2 Å². The molecular formula is C14H15ClF3N3O2S. The highest BCUT2D eigenvalue weighted by Crippen LogP contribution is 2.33. The molecule has 0 bridgehead atoms. The first kappa shape index (κ1) is 20.4. The predicted octanol–water partition coefficient (Wildman–Crippen LogP) is 2.20. The van der Waals surface area contributed by atoms with E-state index in [4.69, 9.17) is 5.26 Å². The van der Waals surface area contributed by atoms with Crippen LogP contribution in [0.3, 0.4) is 0 Å². The van der Waals surface area contributed by atoms with E-state index in [0.717, 1.165) is 24.3 Å². The van der Waals surface area contributed by atoms with Gasteiger partial charge in [0.05, 0.1) is 22.1 Å². The van der Waals surface area contributed by atoms with Crippen molar-refractivity contribution >= 4 is 22.4 Å². The Morgan fingerprint density at radius 1 is 1.33 bits per heavy atom. The average Bonchev–Trinajstić information content (AvgIpc) is 2.52. The van der Waals surface area contributed by atoms with E-state index in [1.54, 1.807) is 0 Å². The van der Waals surface area contributed by atoms with Crippen LogP contribution in [0.5, 0.6) is 0 Å². The summed E-state index contributed by atoms with van der Waals surface area (Å²) >= 11 is 0. The fourth-order valence-electron chi connectivity index (χ4n) is 2.12. The monoisotopic (exact) mass is 381 g/mol. The molecule has 0 atom stereocenters. The smallest absolute Gasteiger partial charge is 0.313 e. The standard InChI is InChI=1S/C14H14F3N3O2S.ClH/c15-14(16,17)13-7-12(2-1-11(13)8-18)23(21,22)20-9-10-3-5-19-6-4-10;/h1-3,7,19-20H,4-6,9H2;1H. The minimum absolute atomic E-state index is 0. The molecule has 1 aromatic carbocycles. The Morgan fingerprint density at radius 2 is 2.04 bits per heavy atom. The Bertz CT molecular complexity index is 770. The molecule has 0 saturated carbocycles. The van der Waals surface area contributed by atoms with E-state index >= 15 is 0 Å². The van der Waals surface area contributed by atoms with Gasteiger partial charge in [0.2, 0.25) is 10.0 Å².